The monoisotopic (exact) mass is 382 g/mol. The third-order valence-corrected chi connectivity index (χ3v) is 3.74. The minimum absolute atomic E-state index is 0.000601. The summed E-state index contributed by atoms with van der Waals surface area (Å²) in [5.74, 6) is -0.580. The minimum atomic E-state index is -4.57. The van der Waals surface area contributed by atoms with Crippen molar-refractivity contribution in [3.8, 4) is 17.1 Å². The highest BCUT2D eigenvalue weighted by atomic mass is 35.5. The van der Waals surface area contributed by atoms with Crippen LogP contribution in [0.1, 0.15) is 16.1 Å². The largest absolute Gasteiger partial charge is 0.508 e. The van der Waals surface area contributed by atoms with Crippen LogP contribution in [0.5, 0.6) is 5.75 Å². The van der Waals surface area contributed by atoms with Gasteiger partial charge in [-0.15, -0.1) is 0 Å². The highest BCUT2D eigenvalue weighted by Gasteiger charge is 2.31. The zero-order chi connectivity index (χ0) is 18.9. The number of hydrogen-bond acceptors (Lipinski definition) is 4. The van der Waals surface area contributed by atoms with Crippen LogP contribution in [0.2, 0.25) is 5.02 Å². The maximum Gasteiger partial charge on any atom is 0.416 e. The second kappa shape index (κ2) is 6.72. The highest BCUT2D eigenvalue weighted by Crippen LogP contribution is 2.34. The van der Waals surface area contributed by atoms with Crippen molar-refractivity contribution in [3.63, 3.8) is 0 Å². The number of rotatable bonds is 3. The molecule has 0 spiro atoms. The van der Waals surface area contributed by atoms with E-state index in [0.29, 0.717) is 5.56 Å². The fourth-order valence-electron chi connectivity index (χ4n) is 2.16. The summed E-state index contributed by atoms with van der Waals surface area (Å²) in [5, 5.41) is 15.3. The molecule has 3 aromatic rings. The average molecular weight is 383 g/mol. The normalized spacial score (nSPS) is 11.4. The van der Waals surface area contributed by atoms with Gasteiger partial charge in [0, 0.05) is 11.6 Å². The highest BCUT2D eigenvalue weighted by molar-refractivity contribution is 6.33. The van der Waals surface area contributed by atoms with E-state index < -0.39 is 17.6 Å². The summed E-state index contributed by atoms with van der Waals surface area (Å²) in [6.07, 6.45) is -4.57. The zero-order valence-corrected chi connectivity index (χ0v) is 13.6. The molecule has 1 heterocycles. The molecule has 3 rings (SSSR count). The molecule has 0 saturated carbocycles. The predicted octanol–water partition coefficient (Wildman–Crippen LogP) is 4.97. The second-order valence-electron chi connectivity index (χ2n) is 5.27. The number of hydrogen-bond donors (Lipinski definition) is 2. The fourth-order valence-corrected chi connectivity index (χ4v) is 2.33. The molecule has 0 aliphatic rings. The van der Waals surface area contributed by atoms with Crippen LogP contribution in [0, 0.1) is 0 Å². The molecule has 0 bridgehead atoms. The molecule has 2 N–H and O–H groups in total. The van der Waals surface area contributed by atoms with Crippen molar-refractivity contribution in [2.24, 2.45) is 0 Å². The van der Waals surface area contributed by atoms with Crippen molar-refractivity contribution in [3.05, 3.63) is 64.8 Å². The number of nitrogens with one attached hydrogen (secondary N) is 1. The van der Waals surface area contributed by atoms with E-state index in [1.165, 1.54) is 18.2 Å². The van der Waals surface area contributed by atoms with Gasteiger partial charge in [0.2, 0.25) is 0 Å². The molecule has 0 aliphatic carbocycles. The van der Waals surface area contributed by atoms with Crippen LogP contribution in [-0.2, 0) is 6.18 Å². The molecule has 0 radical (unpaired) electrons. The van der Waals surface area contributed by atoms with Gasteiger partial charge in [0.25, 0.3) is 5.91 Å². The summed E-state index contributed by atoms with van der Waals surface area (Å²) in [4.78, 5) is 12.2. The van der Waals surface area contributed by atoms with Crippen molar-refractivity contribution in [1.29, 1.82) is 0 Å². The Morgan fingerprint density at radius 1 is 1.15 bits per heavy atom. The molecule has 0 unspecified atom stereocenters. The Labute approximate surface area is 150 Å². The Hall–Kier alpha value is -3.00. The Kier molecular flexibility index (Phi) is 4.60. The molecule has 0 atom stereocenters. The number of benzene rings is 2. The van der Waals surface area contributed by atoms with Gasteiger partial charge >= 0.3 is 6.18 Å². The summed E-state index contributed by atoms with van der Waals surface area (Å²) in [5.41, 5.74) is -0.823. The van der Waals surface area contributed by atoms with Crippen molar-refractivity contribution >= 4 is 23.2 Å². The quantitative estimate of drug-likeness (QED) is 0.670. The summed E-state index contributed by atoms with van der Waals surface area (Å²) in [6.45, 7) is 0. The van der Waals surface area contributed by atoms with E-state index in [1.807, 2.05) is 0 Å². The molecule has 0 fully saturated rings. The van der Waals surface area contributed by atoms with E-state index in [2.05, 4.69) is 10.5 Å². The number of amides is 1. The van der Waals surface area contributed by atoms with Gasteiger partial charge in [-0.3, -0.25) is 4.79 Å². The number of phenolic OH excluding ortho intramolecular Hbond substituents is 1. The molecule has 134 valence electrons. The number of carbonyl (C=O) groups excluding carboxylic acids is 1. The third-order valence-electron chi connectivity index (χ3n) is 3.42. The van der Waals surface area contributed by atoms with Crippen LogP contribution >= 0.6 is 11.6 Å². The SMILES string of the molecule is O=C(Nc1cc(C(F)(F)F)ccc1Cl)c1cc(-c2cccc(O)c2)on1. The molecule has 1 aromatic heterocycles. The molecule has 0 aliphatic heterocycles. The van der Waals surface area contributed by atoms with Crippen LogP contribution in [0.3, 0.4) is 0 Å². The Morgan fingerprint density at radius 3 is 2.62 bits per heavy atom. The first kappa shape index (κ1) is 17.8. The fraction of sp³-hybridized carbons (Fsp3) is 0.0588. The van der Waals surface area contributed by atoms with Gasteiger partial charge < -0.3 is 14.9 Å². The van der Waals surface area contributed by atoms with Gasteiger partial charge in [-0.05, 0) is 30.3 Å². The number of anilines is 1. The first-order chi connectivity index (χ1) is 12.2. The standard InChI is InChI=1S/C17H10ClF3N2O3/c18-12-5-4-10(17(19,20)21)7-13(12)22-16(25)14-8-15(26-23-14)9-2-1-3-11(24)6-9/h1-8,24H,(H,22,25). The summed E-state index contributed by atoms with van der Waals surface area (Å²) >= 11 is 5.84. The van der Waals surface area contributed by atoms with Gasteiger partial charge in [0.05, 0.1) is 16.3 Å². The van der Waals surface area contributed by atoms with Gasteiger partial charge in [-0.1, -0.05) is 28.9 Å². The van der Waals surface area contributed by atoms with Crippen molar-refractivity contribution in [2.75, 3.05) is 5.32 Å². The molecular weight excluding hydrogens is 373 g/mol. The average Bonchev–Trinajstić information content (AvgIpc) is 3.06. The maximum atomic E-state index is 12.8. The van der Waals surface area contributed by atoms with Gasteiger partial charge in [0.1, 0.15) is 5.75 Å². The number of aromatic hydroxyl groups is 1. The summed E-state index contributed by atoms with van der Waals surface area (Å²) in [6, 6.07) is 9.97. The molecule has 0 saturated heterocycles. The molecular formula is C17H10ClF3N2O3. The van der Waals surface area contributed by atoms with E-state index in [-0.39, 0.29) is 27.9 Å². The lowest BCUT2D eigenvalue weighted by Crippen LogP contribution is -2.14. The summed E-state index contributed by atoms with van der Waals surface area (Å²) in [7, 11) is 0. The maximum absolute atomic E-state index is 12.8. The van der Waals surface area contributed by atoms with Gasteiger partial charge in [0.15, 0.2) is 11.5 Å². The molecule has 2 aromatic carbocycles. The van der Waals surface area contributed by atoms with Crippen LogP contribution in [0.4, 0.5) is 18.9 Å². The third kappa shape index (κ3) is 3.80. The van der Waals surface area contributed by atoms with E-state index in [1.54, 1.807) is 12.1 Å². The minimum Gasteiger partial charge on any atom is -0.508 e. The van der Waals surface area contributed by atoms with Gasteiger partial charge in [-0.2, -0.15) is 13.2 Å². The van der Waals surface area contributed by atoms with Crippen LogP contribution in [-0.4, -0.2) is 16.2 Å². The number of phenols is 1. The van der Waals surface area contributed by atoms with E-state index in [4.69, 9.17) is 16.1 Å². The van der Waals surface area contributed by atoms with E-state index in [9.17, 15) is 23.1 Å². The topological polar surface area (TPSA) is 75.4 Å². The molecule has 5 nitrogen and oxygen atoms in total. The molecule has 1 amide bonds. The van der Waals surface area contributed by atoms with Crippen LogP contribution in [0.25, 0.3) is 11.3 Å². The Bertz CT molecular complexity index is 970. The predicted molar refractivity (Wildman–Crippen MR) is 88.0 cm³/mol. The van der Waals surface area contributed by atoms with Crippen molar-refractivity contribution < 1.29 is 27.6 Å². The number of alkyl halides is 3. The zero-order valence-electron chi connectivity index (χ0n) is 12.8. The first-order valence-electron chi connectivity index (χ1n) is 7.18. The molecule has 9 heteroatoms. The van der Waals surface area contributed by atoms with Crippen molar-refractivity contribution in [1.82, 2.24) is 5.16 Å². The number of halogens is 4. The van der Waals surface area contributed by atoms with Gasteiger partial charge in [-0.25, -0.2) is 0 Å². The Balaban J connectivity index is 1.83. The number of carbonyl (C=O) groups is 1. The molecule has 26 heavy (non-hydrogen) atoms. The van der Waals surface area contributed by atoms with Crippen LogP contribution < -0.4 is 5.32 Å². The number of aromatic nitrogens is 1. The smallest absolute Gasteiger partial charge is 0.416 e. The lowest BCUT2D eigenvalue weighted by molar-refractivity contribution is -0.137. The number of nitrogens with zero attached hydrogens (tertiary/aromatic N) is 1. The lowest BCUT2D eigenvalue weighted by atomic mass is 10.1. The summed E-state index contributed by atoms with van der Waals surface area (Å²) < 4.78 is 43.4. The van der Waals surface area contributed by atoms with E-state index >= 15 is 0 Å². The lowest BCUT2D eigenvalue weighted by Gasteiger charge is -2.10. The van der Waals surface area contributed by atoms with Crippen LogP contribution in [0.15, 0.2) is 53.1 Å². The first-order valence-corrected chi connectivity index (χ1v) is 7.56. The second-order valence-corrected chi connectivity index (χ2v) is 5.68. The van der Waals surface area contributed by atoms with Crippen molar-refractivity contribution in [2.45, 2.75) is 6.18 Å². The Morgan fingerprint density at radius 2 is 1.92 bits per heavy atom. The van der Waals surface area contributed by atoms with E-state index in [0.717, 1.165) is 18.2 Å².